The van der Waals surface area contributed by atoms with Crippen LogP contribution < -0.4 is 5.32 Å². The lowest BCUT2D eigenvalue weighted by molar-refractivity contribution is 0.0938. The maximum Gasteiger partial charge on any atom is 0.255 e. The fourth-order valence-corrected chi connectivity index (χ4v) is 2.39. The van der Waals surface area contributed by atoms with Crippen LogP contribution in [-0.2, 0) is 0 Å². The van der Waals surface area contributed by atoms with E-state index in [1.165, 1.54) is 0 Å². The number of aromatic amines is 1. The van der Waals surface area contributed by atoms with Gasteiger partial charge in [-0.3, -0.25) is 14.8 Å². The highest BCUT2D eigenvalue weighted by Crippen LogP contribution is 2.09. The zero-order valence-electron chi connectivity index (χ0n) is 12.9. The molecule has 0 aliphatic heterocycles. The molecule has 2 N–H and O–H groups in total. The Hall–Kier alpha value is -1.36. The van der Waals surface area contributed by atoms with E-state index in [2.05, 4.69) is 48.1 Å². The maximum absolute atomic E-state index is 12.1. The van der Waals surface area contributed by atoms with Crippen molar-refractivity contribution in [2.75, 3.05) is 13.1 Å². The van der Waals surface area contributed by atoms with Crippen LogP contribution in [0.25, 0.3) is 0 Å². The summed E-state index contributed by atoms with van der Waals surface area (Å²) < 4.78 is 0. The van der Waals surface area contributed by atoms with Gasteiger partial charge in [0.15, 0.2) is 0 Å². The molecule has 1 aromatic rings. The van der Waals surface area contributed by atoms with Crippen molar-refractivity contribution in [3.05, 3.63) is 17.0 Å². The third-order valence-electron chi connectivity index (χ3n) is 3.34. The van der Waals surface area contributed by atoms with E-state index in [4.69, 9.17) is 0 Å². The van der Waals surface area contributed by atoms with Gasteiger partial charge in [-0.25, -0.2) is 0 Å². The smallest absolute Gasteiger partial charge is 0.255 e. The van der Waals surface area contributed by atoms with Crippen LogP contribution in [-0.4, -0.2) is 46.2 Å². The Morgan fingerprint density at radius 2 is 1.84 bits per heavy atom. The normalized spacial score (nSPS) is 11.6. The summed E-state index contributed by atoms with van der Waals surface area (Å²) in [5.74, 6) is -0.0452. The van der Waals surface area contributed by atoms with Crippen molar-refractivity contribution in [1.29, 1.82) is 0 Å². The number of rotatable bonds is 6. The van der Waals surface area contributed by atoms with Crippen LogP contribution in [0.15, 0.2) is 0 Å². The third kappa shape index (κ3) is 4.06. The van der Waals surface area contributed by atoms with Gasteiger partial charge in [0.25, 0.3) is 5.91 Å². The van der Waals surface area contributed by atoms with Gasteiger partial charge in [0, 0.05) is 30.9 Å². The third-order valence-corrected chi connectivity index (χ3v) is 3.34. The SMILES string of the molecule is Cc1n[nH]c(C)c1C(=O)NCCN(C(C)C)C(C)C. The number of hydrogen-bond donors (Lipinski definition) is 2. The molecule has 5 nitrogen and oxygen atoms in total. The van der Waals surface area contributed by atoms with E-state index < -0.39 is 0 Å². The molecule has 0 spiro atoms. The molecule has 0 unspecified atom stereocenters. The van der Waals surface area contributed by atoms with Crippen molar-refractivity contribution in [1.82, 2.24) is 20.4 Å². The molecule has 0 aliphatic rings. The summed E-state index contributed by atoms with van der Waals surface area (Å²) in [6.45, 7) is 13.9. The average molecular weight is 266 g/mol. The molecule has 1 amide bonds. The molecular formula is C14H26N4O. The van der Waals surface area contributed by atoms with Crippen LogP contribution in [0.1, 0.15) is 49.4 Å². The second kappa shape index (κ2) is 6.70. The van der Waals surface area contributed by atoms with Crippen molar-refractivity contribution < 1.29 is 4.79 Å². The van der Waals surface area contributed by atoms with Crippen LogP contribution in [0, 0.1) is 13.8 Å². The number of aryl methyl sites for hydroxylation is 2. The van der Waals surface area contributed by atoms with Crippen LogP contribution >= 0.6 is 0 Å². The van der Waals surface area contributed by atoms with E-state index in [1.54, 1.807) is 0 Å². The van der Waals surface area contributed by atoms with Crippen LogP contribution in [0.2, 0.25) is 0 Å². The molecule has 0 saturated carbocycles. The first-order valence-electron chi connectivity index (χ1n) is 6.90. The Morgan fingerprint density at radius 3 is 2.26 bits per heavy atom. The van der Waals surface area contributed by atoms with Crippen LogP contribution in [0.4, 0.5) is 0 Å². The minimum atomic E-state index is -0.0452. The van der Waals surface area contributed by atoms with Crippen molar-refractivity contribution >= 4 is 5.91 Å². The van der Waals surface area contributed by atoms with E-state index in [9.17, 15) is 4.79 Å². The zero-order valence-corrected chi connectivity index (χ0v) is 12.9. The lowest BCUT2D eigenvalue weighted by Crippen LogP contribution is -2.42. The van der Waals surface area contributed by atoms with Crippen molar-refractivity contribution in [2.45, 2.75) is 53.6 Å². The van der Waals surface area contributed by atoms with Crippen LogP contribution in [0.5, 0.6) is 0 Å². The Labute approximate surface area is 115 Å². The van der Waals surface area contributed by atoms with Gasteiger partial charge in [0.1, 0.15) is 0 Å². The summed E-state index contributed by atoms with van der Waals surface area (Å²) in [4.78, 5) is 14.4. The summed E-state index contributed by atoms with van der Waals surface area (Å²) in [6.07, 6.45) is 0. The molecule has 19 heavy (non-hydrogen) atoms. The monoisotopic (exact) mass is 266 g/mol. The number of nitrogens with one attached hydrogen (secondary N) is 2. The molecule has 0 bridgehead atoms. The minimum absolute atomic E-state index is 0.0452. The highest BCUT2D eigenvalue weighted by atomic mass is 16.1. The van der Waals surface area contributed by atoms with Gasteiger partial charge in [-0.05, 0) is 41.5 Å². The van der Waals surface area contributed by atoms with Crippen molar-refractivity contribution in [2.24, 2.45) is 0 Å². The highest BCUT2D eigenvalue weighted by Gasteiger charge is 2.16. The Bertz CT molecular complexity index is 396. The van der Waals surface area contributed by atoms with Gasteiger partial charge in [-0.2, -0.15) is 5.10 Å². The summed E-state index contributed by atoms with van der Waals surface area (Å²) >= 11 is 0. The van der Waals surface area contributed by atoms with Gasteiger partial charge in [0.05, 0.1) is 11.3 Å². The number of aromatic nitrogens is 2. The summed E-state index contributed by atoms with van der Waals surface area (Å²) in [5, 5.41) is 9.84. The zero-order chi connectivity index (χ0) is 14.6. The molecule has 1 rings (SSSR count). The lowest BCUT2D eigenvalue weighted by Gasteiger charge is -2.30. The van der Waals surface area contributed by atoms with Gasteiger partial charge in [0.2, 0.25) is 0 Å². The quantitative estimate of drug-likeness (QED) is 0.826. The number of amides is 1. The van der Waals surface area contributed by atoms with Gasteiger partial charge >= 0.3 is 0 Å². The van der Waals surface area contributed by atoms with E-state index in [1.807, 2.05) is 13.8 Å². The Kier molecular flexibility index (Phi) is 5.54. The van der Waals surface area contributed by atoms with E-state index in [0.717, 1.165) is 17.9 Å². The summed E-state index contributed by atoms with van der Waals surface area (Å²) in [5.41, 5.74) is 2.24. The van der Waals surface area contributed by atoms with E-state index in [-0.39, 0.29) is 5.91 Å². The highest BCUT2D eigenvalue weighted by molar-refractivity contribution is 5.96. The first-order valence-corrected chi connectivity index (χ1v) is 6.90. The van der Waals surface area contributed by atoms with Crippen molar-refractivity contribution in [3.63, 3.8) is 0 Å². The number of nitrogens with zero attached hydrogens (tertiary/aromatic N) is 2. The molecule has 1 heterocycles. The van der Waals surface area contributed by atoms with Crippen LogP contribution in [0.3, 0.4) is 0 Å². The van der Waals surface area contributed by atoms with E-state index in [0.29, 0.717) is 24.2 Å². The van der Waals surface area contributed by atoms with Gasteiger partial charge < -0.3 is 5.32 Å². The molecule has 0 fully saturated rings. The van der Waals surface area contributed by atoms with Gasteiger partial charge in [-0.1, -0.05) is 0 Å². The van der Waals surface area contributed by atoms with Gasteiger partial charge in [-0.15, -0.1) is 0 Å². The molecule has 5 heteroatoms. The average Bonchev–Trinajstić information content (AvgIpc) is 2.63. The first-order chi connectivity index (χ1) is 8.84. The number of carbonyl (C=O) groups excluding carboxylic acids is 1. The lowest BCUT2D eigenvalue weighted by atomic mass is 10.2. The first kappa shape index (κ1) is 15.7. The molecule has 0 atom stereocenters. The molecular weight excluding hydrogens is 240 g/mol. The predicted molar refractivity (Wildman–Crippen MR) is 77.4 cm³/mol. The molecule has 1 aromatic heterocycles. The Morgan fingerprint density at radius 1 is 1.26 bits per heavy atom. The number of carbonyl (C=O) groups is 1. The maximum atomic E-state index is 12.1. The van der Waals surface area contributed by atoms with E-state index >= 15 is 0 Å². The predicted octanol–water partition coefficient (Wildman–Crippen LogP) is 1.88. The Balaban J connectivity index is 2.52. The largest absolute Gasteiger partial charge is 0.351 e. The summed E-state index contributed by atoms with van der Waals surface area (Å²) in [7, 11) is 0. The summed E-state index contributed by atoms with van der Waals surface area (Å²) in [6, 6.07) is 0.962. The minimum Gasteiger partial charge on any atom is -0.351 e. The fourth-order valence-electron chi connectivity index (χ4n) is 2.39. The second-order valence-corrected chi connectivity index (χ2v) is 5.49. The number of H-pyrrole nitrogens is 1. The number of hydrogen-bond acceptors (Lipinski definition) is 3. The topological polar surface area (TPSA) is 61.0 Å². The standard InChI is InChI=1S/C14H26N4O/c1-9(2)18(10(3)4)8-7-15-14(19)13-11(5)16-17-12(13)6/h9-10H,7-8H2,1-6H3,(H,15,19)(H,16,17). The molecule has 0 saturated heterocycles. The second-order valence-electron chi connectivity index (χ2n) is 5.49. The molecule has 108 valence electrons. The van der Waals surface area contributed by atoms with Crippen molar-refractivity contribution in [3.8, 4) is 0 Å². The molecule has 0 aromatic carbocycles. The molecule has 0 aliphatic carbocycles. The molecule has 0 radical (unpaired) electrons. The fraction of sp³-hybridized carbons (Fsp3) is 0.714.